The van der Waals surface area contributed by atoms with Crippen LogP contribution >= 0.6 is 11.6 Å². The van der Waals surface area contributed by atoms with Gasteiger partial charge in [-0.3, -0.25) is 0 Å². The third-order valence-electron chi connectivity index (χ3n) is 4.66. The summed E-state index contributed by atoms with van der Waals surface area (Å²) in [6.07, 6.45) is 3.85. The summed E-state index contributed by atoms with van der Waals surface area (Å²) >= 11 is 6.00. The molecule has 0 radical (unpaired) electrons. The molecule has 2 bridgehead atoms. The Morgan fingerprint density at radius 3 is 2.79 bits per heavy atom. The van der Waals surface area contributed by atoms with E-state index in [0.717, 1.165) is 18.2 Å². The monoisotopic (exact) mass is 279 g/mol. The lowest BCUT2D eigenvalue weighted by atomic mass is 9.77. The molecule has 3 rings (SSSR count). The van der Waals surface area contributed by atoms with Gasteiger partial charge in [-0.1, -0.05) is 23.7 Å². The molecule has 1 N–H and O–H groups in total. The van der Waals surface area contributed by atoms with Crippen molar-refractivity contribution in [3.63, 3.8) is 0 Å². The first-order chi connectivity index (χ1) is 9.28. The zero-order valence-electron chi connectivity index (χ0n) is 11.4. The maximum Gasteiger partial charge on any atom is 0.0514 e. The van der Waals surface area contributed by atoms with Gasteiger partial charge in [0, 0.05) is 29.6 Å². The smallest absolute Gasteiger partial charge is 0.0514 e. The SMILES string of the molecule is CCOCC1C2CCC(CC1c1ccc(Cl)cc1)N2. The van der Waals surface area contributed by atoms with Crippen molar-refractivity contribution >= 4 is 11.6 Å². The van der Waals surface area contributed by atoms with E-state index in [-0.39, 0.29) is 0 Å². The number of benzene rings is 1. The molecule has 1 aromatic rings. The van der Waals surface area contributed by atoms with Gasteiger partial charge < -0.3 is 10.1 Å². The maximum atomic E-state index is 6.00. The van der Waals surface area contributed by atoms with Crippen molar-refractivity contribution in [2.75, 3.05) is 13.2 Å². The van der Waals surface area contributed by atoms with Crippen molar-refractivity contribution in [3.8, 4) is 0 Å². The van der Waals surface area contributed by atoms with Crippen LogP contribution < -0.4 is 5.32 Å². The van der Waals surface area contributed by atoms with Crippen molar-refractivity contribution < 1.29 is 4.74 Å². The normalized spacial score (nSPS) is 33.6. The highest BCUT2D eigenvalue weighted by atomic mass is 35.5. The highest BCUT2D eigenvalue weighted by molar-refractivity contribution is 6.30. The molecule has 2 aliphatic rings. The number of fused-ring (bicyclic) bond motifs is 2. The number of hydrogen-bond acceptors (Lipinski definition) is 2. The molecule has 2 nitrogen and oxygen atoms in total. The van der Waals surface area contributed by atoms with E-state index in [0.29, 0.717) is 23.9 Å². The molecule has 2 aliphatic heterocycles. The second-order valence-electron chi connectivity index (χ2n) is 5.76. The van der Waals surface area contributed by atoms with E-state index in [9.17, 15) is 0 Å². The lowest BCUT2D eigenvalue weighted by Crippen LogP contribution is -2.46. The summed E-state index contributed by atoms with van der Waals surface area (Å²) in [7, 11) is 0. The molecule has 2 saturated heterocycles. The lowest BCUT2D eigenvalue weighted by molar-refractivity contribution is 0.0723. The molecule has 0 spiro atoms. The standard InChI is InChI=1S/C16H22ClNO/c1-2-19-10-15-14(9-13-7-8-16(15)18-13)11-3-5-12(17)6-4-11/h3-6,13-16,18H,2,7-10H2,1H3. The third-order valence-corrected chi connectivity index (χ3v) is 4.91. The van der Waals surface area contributed by atoms with Crippen molar-refractivity contribution in [1.29, 1.82) is 0 Å². The zero-order chi connectivity index (χ0) is 13.2. The summed E-state index contributed by atoms with van der Waals surface area (Å²) in [5.74, 6) is 1.21. The molecule has 104 valence electrons. The molecule has 4 unspecified atom stereocenters. The van der Waals surface area contributed by atoms with Gasteiger partial charge in [0.05, 0.1) is 6.61 Å². The Labute approximate surface area is 120 Å². The summed E-state index contributed by atoms with van der Waals surface area (Å²) in [6, 6.07) is 9.74. The molecule has 0 saturated carbocycles. The minimum absolute atomic E-state index is 0.597. The van der Waals surface area contributed by atoms with Gasteiger partial charge in [-0.25, -0.2) is 0 Å². The third kappa shape index (κ3) is 2.81. The van der Waals surface area contributed by atoms with Gasteiger partial charge in [0.2, 0.25) is 0 Å². The quantitative estimate of drug-likeness (QED) is 0.909. The topological polar surface area (TPSA) is 21.3 Å². The van der Waals surface area contributed by atoms with Crippen molar-refractivity contribution in [3.05, 3.63) is 34.9 Å². The van der Waals surface area contributed by atoms with Crippen LogP contribution in [0, 0.1) is 5.92 Å². The Balaban J connectivity index is 1.81. The second-order valence-corrected chi connectivity index (χ2v) is 6.20. The first kappa shape index (κ1) is 13.4. The van der Waals surface area contributed by atoms with Crippen LogP contribution in [0.5, 0.6) is 0 Å². The van der Waals surface area contributed by atoms with Crippen molar-refractivity contribution in [2.24, 2.45) is 5.92 Å². The number of hydrogen-bond donors (Lipinski definition) is 1. The Morgan fingerprint density at radius 2 is 2.05 bits per heavy atom. The number of piperidine rings is 1. The predicted octanol–water partition coefficient (Wildman–Crippen LogP) is 3.60. The minimum Gasteiger partial charge on any atom is -0.381 e. The van der Waals surface area contributed by atoms with Crippen molar-refractivity contribution in [2.45, 2.75) is 44.2 Å². The van der Waals surface area contributed by atoms with Gasteiger partial charge in [0.25, 0.3) is 0 Å². The van der Waals surface area contributed by atoms with Gasteiger partial charge in [-0.15, -0.1) is 0 Å². The second kappa shape index (κ2) is 5.82. The predicted molar refractivity (Wildman–Crippen MR) is 78.7 cm³/mol. The maximum absolute atomic E-state index is 6.00. The van der Waals surface area contributed by atoms with Gasteiger partial charge >= 0.3 is 0 Å². The van der Waals surface area contributed by atoms with E-state index in [1.807, 2.05) is 12.1 Å². The van der Waals surface area contributed by atoms with Crippen LogP contribution in [0.25, 0.3) is 0 Å². The molecule has 0 aliphatic carbocycles. The first-order valence-electron chi connectivity index (χ1n) is 7.37. The Morgan fingerprint density at radius 1 is 1.26 bits per heavy atom. The lowest BCUT2D eigenvalue weighted by Gasteiger charge is -2.38. The van der Waals surface area contributed by atoms with Gasteiger partial charge in [0.15, 0.2) is 0 Å². The van der Waals surface area contributed by atoms with Crippen LogP contribution in [0.4, 0.5) is 0 Å². The fourth-order valence-electron chi connectivity index (χ4n) is 3.71. The summed E-state index contributed by atoms with van der Waals surface area (Å²) in [5.41, 5.74) is 1.42. The summed E-state index contributed by atoms with van der Waals surface area (Å²) in [5, 5.41) is 4.58. The number of halogens is 1. The van der Waals surface area contributed by atoms with E-state index in [2.05, 4.69) is 24.4 Å². The van der Waals surface area contributed by atoms with Gasteiger partial charge in [0.1, 0.15) is 0 Å². The summed E-state index contributed by atoms with van der Waals surface area (Å²) in [4.78, 5) is 0. The highest BCUT2D eigenvalue weighted by Gasteiger charge is 2.41. The molecule has 4 atom stereocenters. The molecule has 19 heavy (non-hydrogen) atoms. The Hall–Kier alpha value is -0.570. The number of rotatable bonds is 4. The van der Waals surface area contributed by atoms with Crippen LogP contribution in [0.2, 0.25) is 5.02 Å². The molecule has 0 aromatic heterocycles. The molecular formula is C16H22ClNO. The van der Waals surface area contributed by atoms with E-state index in [1.165, 1.54) is 24.8 Å². The van der Waals surface area contributed by atoms with Crippen LogP contribution in [-0.2, 0) is 4.74 Å². The van der Waals surface area contributed by atoms with E-state index < -0.39 is 0 Å². The Kier molecular flexibility index (Phi) is 4.11. The molecule has 2 heterocycles. The largest absolute Gasteiger partial charge is 0.381 e. The average Bonchev–Trinajstić information content (AvgIpc) is 2.81. The highest BCUT2D eigenvalue weighted by Crippen LogP contribution is 2.42. The molecule has 1 aromatic carbocycles. The van der Waals surface area contributed by atoms with E-state index >= 15 is 0 Å². The zero-order valence-corrected chi connectivity index (χ0v) is 12.2. The molecule has 3 heteroatoms. The van der Waals surface area contributed by atoms with E-state index in [4.69, 9.17) is 16.3 Å². The minimum atomic E-state index is 0.597. The summed E-state index contributed by atoms with van der Waals surface area (Å²) in [6.45, 7) is 3.75. The van der Waals surface area contributed by atoms with Gasteiger partial charge in [-0.05, 0) is 49.8 Å². The molecule has 2 fully saturated rings. The van der Waals surface area contributed by atoms with Crippen LogP contribution in [0.15, 0.2) is 24.3 Å². The number of nitrogens with one attached hydrogen (secondary N) is 1. The number of ether oxygens (including phenoxy) is 1. The average molecular weight is 280 g/mol. The van der Waals surface area contributed by atoms with Crippen LogP contribution in [0.3, 0.4) is 0 Å². The molecular weight excluding hydrogens is 258 g/mol. The van der Waals surface area contributed by atoms with Crippen LogP contribution in [-0.4, -0.2) is 25.3 Å². The van der Waals surface area contributed by atoms with E-state index in [1.54, 1.807) is 0 Å². The fourth-order valence-corrected chi connectivity index (χ4v) is 3.84. The van der Waals surface area contributed by atoms with Crippen LogP contribution in [0.1, 0.15) is 37.7 Å². The van der Waals surface area contributed by atoms with Crippen molar-refractivity contribution in [1.82, 2.24) is 5.32 Å². The summed E-state index contributed by atoms with van der Waals surface area (Å²) < 4.78 is 5.73. The first-order valence-corrected chi connectivity index (χ1v) is 7.75. The molecule has 0 amide bonds. The van der Waals surface area contributed by atoms with Gasteiger partial charge in [-0.2, -0.15) is 0 Å². The Bertz CT molecular complexity index is 419. The fraction of sp³-hybridized carbons (Fsp3) is 0.625.